The fourth-order valence-electron chi connectivity index (χ4n) is 13.0. The van der Waals surface area contributed by atoms with Crippen LogP contribution in [0.25, 0.3) is 0 Å². The molecule has 6 fully saturated rings. The van der Waals surface area contributed by atoms with Crippen molar-refractivity contribution in [2.75, 3.05) is 6.61 Å². The van der Waals surface area contributed by atoms with E-state index in [9.17, 15) is 40.9 Å². The van der Waals surface area contributed by atoms with Gasteiger partial charge in [0.05, 0.1) is 31.0 Å². The molecular formula is C42H70O12. The van der Waals surface area contributed by atoms with Crippen LogP contribution in [0, 0.1) is 45.3 Å². The Bertz CT molecular complexity index is 1380. The first-order valence-electron chi connectivity index (χ1n) is 20.4. The molecule has 0 spiro atoms. The van der Waals surface area contributed by atoms with E-state index in [0.717, 1.165) is 32.1 Å². The minimum Gasteiger partial charge on any atom is -0.394 e. The van der Waals surface area contributed by atoms with Gasteiger partial charge < -0.3 is 59.8 Å². The van der Waals surface area contributed by atoms with Gasteiger partial charge in [0.25, 0.3) is 0 Å². The number of hydrogen-bond donors (Lipinski definition) is 8. The molecule has 6 aliphatic rings. The van der Waals surface area contributed by atoms with Gasteiger partial charge in [-0.15, -0.1) is 0 Å². The standard InChI is InChI=1S/C42H70O12/c1-20(2)11-10-12-21(3)23-13-16-41(8)29(23)24(44)17-27-40(7)15-14-28(45)39(5,6)36(40)25(18-42(27,41)9)52-38-35(33(49)31(47)26(19-43)53-38)54-37-34(50)32(48)30(46)22(4)51-37/h11,22-38,43-50H,3,10,12-19H2,1-2,4-9H3/t22-,23+,24-,25+,26+,27+,28+,29-,30-,31+,32+,33-,34+,35+,36?,37-,38+,40+,41+,42+/m0/s1. The van der Waals surface area contributed by atoms with Crippen molar-refractivity contribution in [3.8, 4) is 0 Å². The molecule has 0 bridgehead atoms. The summed E-state index contributed by atoms with van der Waals surface area (Å²) in [5, 5.41) is 88.2. The quantitative estimate of drug-likeness (QED) is 0.126. The first-order valence-corrected chi connectivity index (χ1v) is 20.4. The molecule has 4 saturated carbocycles. The van der Waals surface area contributed by atoms with Gasteiger partial charge in [0.15, 0.2) is 12.6 Å². The van der Waals surface area contributed by atoms with E-state index < -0.39 is 91.7 Å². The van der Waals surface area contributed by atoms with Gasteiger partial charge in [0.2, 0.25) is 0 Å². The fourth-order valence-corrected chi connectivity index (χ4v) is 13.0. The van der Waals surface area contributed by atoms with Crippen LogP contribution < -0.4 is 0 Å². The minimum atomic E-state index is -1.68. The van der Waals surface area contributed by atoms with Crippen molar-refractivity contribution in [2.45, 2.75) is 186 Å². The highest BCUT2D eigenvalue weighted by Crippen LogP contribution is 2.76. The molecule has 12 nitrogen and oxygen atoms in total. The zero-order valence-electron chi connectivity index (χ0n) is 33.7. The van der Waals surface area contributed by atoms with E-state index in [1.807, 2.05) is 0 Å². The van der Waals surface area contributed by atoms with E-state index in [1.54, 1.807) is 0 Å². The lowest BCUT2D eigenvalue weighted by Crippen LogP contribution is -2.71. The van der Waals surface area contributed by atoms with Crippen LogP contribution in [-0.2, 0) is 18.9 Å². The number of rotatable bonds is 9. The molecule has 0 aromatic carbocycles. The van der Waals surface area contributed by atoms with E-state index in [2.05, 4.69) is 61.1 Å². The normalized spacial score (nSPS) is 52.9. The second kappa shape index (κ2) is 15.3. The van der Waals surface area contributed by atoms with Crippen molar-refractivity contribution in [1.29, 1.82) is 0 Å². The highest BCUT2D eigenvalue weighted by molar-refractivity contribution is 5.24. The third-order valence-corrected chi connectivity index (χ3v) is 16.0. The summed E-state index contributed by atoms with van der Waals surface area (Å²) in [7, 11) is 0. The zero-order chi connectivity index (χ0) is 39.9. The molecule has 12 heteroatoms. The zero-order valence-corrected chi connectivity index (χ0v) is 33.7. The van der Waals surface area contributed by atoms with E-state index >= 15 is 0 Å². The lowest BCUT2D eigenvalue weighted by Gasteiger charge is -2.72. The number of aliphatic hydroxyl groups is 8. The summed E-state index contributed by atoms with van der Waals surface area (Å²) in [4.78, 5) is 0. The molecule has 0 aromatic heterocycles. The van der Waals surface area contributed by atoms with Gasteiger partial charge in [-0.3, -0.25) is 0 Å². The van der Waals surface area contributed by atoms with Gasteiger partial charge in [-0.05, 0) is 117 Å². The van der Waals surface area contributed by atoms with E-state index in [4.69, 9.17) is 18.9 Å². The maximum Gasteiger partial charge on any atom is 0.187 e. The Morgan fingerprint density at radius 2 is 1.50 bits per heavy atom. The van der Waals surface area contributed by atoms with Gasteiger partial charge >= 0.3 is 0 Å². The Morgan fingerprint density at radius 1 is 0.815 bits per heavy atom. The highest BCUT2D eigenvalue weighted by Gasteiger charge is 2.73. The van der Waals surface area contributed by atoms with E-state index in [-0.39, 0.29) is 39.9 Å². The molecule has 0 aromatic rings. The average Bonchev–Trinajstić information content (AvgIpc) is 3.48. The van der Waals surface area contributed by atoms with Gasteiger partial charge in [-0.25, -0.2) is 0 Å². The smallest absolute Gasteiger partial charge is 0.187 e. The maximum atomic E-state index is 12.2. The molecule has 310 valence electrons. The van der Waals surface area contributed by atoms with E-state index in [0.29, 0.717) is 19.3 Å². The lowest BCUT2D eigenvalue weighted by molar-refractivity contribution is -0.381. The number of aliphatic hydroxyl groups excluding tert-OH is 8. The fraction of sp³-hybridized carbons (Fsp3) is 0.905. The molecule has 6 rings (SSSR count). The van der Waals surface area contributed by atoms with E-state index in [1.165, 1.54) is 18.1 Å². The molecule has 4 aliphatic carbocycles. The number of fused-ring (bicyclic) bond motifs is 5. The third kappa shape index (κ3) is 6.79. The van der Waals surface area contributed by atoms with Crippen LogP contribution in [0.15, 0.2) is 23.8 Å². The molecule has 54 heavy (non-hydrogen) atoms. The van der Waals surface area contributed by atoms with Crippen LogP contribution >= 0.6 is 0 Å². The number of allylic oxidation sites excluding steroid dienone is 3. The predicted octanol–water partition coefficient (Wildman–Crippen LogP) is 2.95. The van der Waals surface area contributed by atoms with Crippen molar-refractivity contribution in [1.82, 2.24) is 0 Å². The summed E-state index contributed by atoms with van der Waals surface area (Å²) in [6, 6.07) is 0. The molecule has 1 unspecified atom stereocenters. The molecule has 0 amide bonds. The van der Waals surface area contributed by atoms with Crippen molar-refractivity contribution < 1.29 is 59.8 Å². The molecular weight excluding hydrogens is 696 g/mol. The first kappa shape index (κ1) is 42.6. The van der Waals surface area contributed by atoms with Crippen molar-refractivity contribution in [2.24, 2.45) is 45.3 Å². The summed E-state index contributed by atoms with van der Waals surface area (Å²) >= 11 is 0. The van der Waals surface area contributed by atoms with Crippen LogP contribution in [0.1, 0.15) is 107 Å². The number of ether oxygens (including phenoxy) is 4. The molecule has 2 aliphatic heterocycles. The van der Waals surface area contributed by atoms with Crippen molar-refractivity contribution in [3.63, 3.8) is 0 Å². The SMILES string of the molecule is C=C(CCC=C(C)C)[C@H]1CC[C@]2(C)[C@@H]1[C@@H](O)C[C@@H]1[C@@]3(C)CC[C@@H](O)C(C)(C)C3[C@H](O[C@@H]3O[C@H](CO)[C@@H](O)[C@H](O)[C@H]3O[C@@H]3O[C@@H](C)[C@H](O)[C@@H](O)[C@H]3O)C[C@]12C. The van der Waals surface area contributed by atoms with Gasteiger partial charge in [0, 0.05) is 0 Å². The second-order valence-electron chi connectivity index (χ2n) is 19.6. The molecule has 0 radical (unpaired) electrons. The molecule has 2 saturated heterocycles. The Balaban J connectivity index is 1.37. The van der Waals surface area contributed by atoms with Crippen LogP contribution in [0.4, 0.5) is 0 Å². The minimum absolute atomic E-state index is 0.00685. The Hall–Kier alpha value is -1.00. The Kier molecular flexibility index (Phi) is 12.1. The van der Waals surface area contributed by atoms with Gasteiger partial charge in [0.1, 0.15) is 42.7 Å². The first-order chi connectivity index (χ1) is 25.1. The summed E-state index contributed by atoms with van der Waals surface area (Å²) in [5.74, 6) is 0.0623. The monoisotopic (exact) mass is 766 g/mol. The Labute approximate surface area is 321 Å². The number of hydrogen-bond acceptors (Lipinski definition) is 12. The van der Waals surface area contributed by atoms with Crippen molar-refractivity contribution in [3.05, 3.63) is 23.8 Å². The molecule has 20 atom stereocenters. The Morgan fingerprint density at radius 3 is 2.15 bits per heavy atom. The summed E-state index contributed by atoms with van der Waals surface area (Å²) < 4.78 is 25.2. The molecule has 2 heterocycles. The van der Waals surface area contributed by atoms with Crippen LogP contribution in [0.2, 0.25) is 0 Å². The predicted molar refractivity (Wildman–Crippen MR) is 199 cm³/mol. The maximum absolute atomic E-state index is 12.2. The topological polar surface area (TPSA) is 199 Å². The summed E-state index contributed by atoms with van der Waals surface area (Å²) in [5.41, 5.74) is 0.837. The summed E-state index contributed by atoms with van der Waals surface area (Å²) in [6.45, 7) is 20.8. The molecule has 8 N–H and O–H groups in total. The summed E-state index contributed by atoms with van der Waals surface area (Å²) in [6.07, 6.45) is -7.55. The lowest BCUT2D eigenvalue weighted by atomic mass is 9.34. The van der Waals surface area contributed by atoms with Crippen LogP contribution in [0.5, 0.6) is 0 Å². The largest absolute Gasteiger partial charge is 0.394 e. The van der Waals surface area contributed by atoms with Gasteiger partial charge in [-0.2, -0.15) is 0 Å². The average molecular weight is 767 g/mol. The van der Waals surface area contributed by atoms with Crippen molar-refractivity contribution >= 4 is 0 Å². The third-order valence-electron chi connectivity index (χ3n) is 16.0. The van der Waals surface area contributed by atoms with Crippen LogP contribution in [0.3, 0.4) is 0 Å². The van der Waals surface area contributed by atoms with Crippen LogP contribution in [-0.4, -0.2) is 127 Å². The second-order valence-corrected chi connectivity index (χ2v) is 19.6. The van der Waals surface area contributed by atoms with Gasteiger partial charge in [-0.1, -0.05) is 58.4 Å². The highest BCUT2D eigenvalue weighted by atomic mass is 16.8.